The Morgan fingerprint density at radius 1 is 1.42 bits per heavy atom. The molecule has 0 saturated carbocycles. The summed E-state index contributed by atoms with van der Waals surface area (Å²) in [6.45, 7) is 3.45. The third kappa shape index (κ3) is 4.77. The number of aromatic nitrogens is 1. The van der Waals surface area contributed by atoms with Crippen molar-refractivity contribution in [2.75, 3.05) is 33.5 Å². The van der Waals surface area contributed by atoms with Gasteiger partial charge in [-0.25, -0.2) is 0 Å². The van der Waals surface area contributed by atoms with Crippen LogP contribution in [0.15, 0.2) is 15.5 Å². The molecule has 6 nitrogen and oxygen atoms in total. The van der Waals surface area contributed by atoms with Gasteiger partial charge >= 0.3 is 0 Å². The number of amides is 1. The van der Waals surface area contributed by atoms with Crippen LogP contribution in [0.4, 0.5) is 0 Å². The van der Waals surface area contributed by atoms with Crippen LogP contribution in [0.2, 0.25) is 0 Å². The van der Waals surface area contributed by atoms with Crippen molar-refractivity contribution in [3.63, 3.8) is 0 Å². The normalized spacial score (nSPS) is 10.5. The van der Waals surface area contributed by atoms with Crippen LogP contribution >= 0.6 is 15.9 Å². The van der Waals surface area contributed by atoms with Gasteiger partial charge in [-0.1, -0.05) is 0 Å². The summed E-state index contributed by atoms with van der Waals surface area (Å²) in [7, 11) is 1.59. The van der Waals surface area contributed by atoms with Crippen LogP contribution in [0.3, 0.4) is 0 Å². The molecule has 0 aliphatic rings. The van der Waals surface area contributed by atoms with Gasteiger partial charge in [0.25, 0.3) is 5.91 Å². The summed E-state index contributed by atoms with van der Waals surface area (Å²) >= 11 is 3.15. The average Bonchev–Trinajstić information content (AvgIpc) is 2.40. The first-order valence-electron chi connectivity index (χ1n) is 5.80. The number of carbonyl (C=O) groups excluding carboxylic acids is 1. The molecule has 0 fully saturated rings. The highest BCUT2D eigenvalue weighted by Crippen LogP contribution is 2.08. The van der Waals surface area contributed by atoms with Crippen molar-refractivity contribution in [2.45, 2.75) is 6.92 Å². The monoisotopic (exact) mass is 332 g/mol. The van der Waals surface area contributed by atoms with E-state index < -0.39 is 5.91 Å². The van der Waals surface area contributed by atoms with Crippen LogP contribution in [0, 0.1) is 6.92 Å². The highest BCUT2D eigenvalue weighted by atomic mass is 79.9. The molecule has 0 spiro atoms. The van der Waals surface area contributed by atoms with Gasteiger partial charge in [-0.3, -0.25) is 9.59 Å². The van der Waals surface area contributed by atoms with Gasteiger partial charge < -0.3 is 19.8 Å². The molecule has 0 aromatic carbocycles. The van der Waals surface area contributed by atoms with Crippen molar-refractivity contribution in [1.29, 1.82) is 0 Å². The first-order valence-corrected chi connectivity index (χ1v) is 6.60. The van der Waals surface area contributed by atoms with Crippen LogP contribution in [-0.2, 0) is 9.47 Å². The first kappa shape index (κ1) is 15.9. The predicted molar refractivity (Wildman–Crippen MR) is 74.5 cm³/mol. The van der Waals surface area contributed by atoms with Crippen molar-refractivity contribution in [1.82, 2.24) is 10.3 Å². The molecule has 7 heteroatoms. The maximum atomic E-state index is 11.8. The number of hydrogen-bond donors (Lipinski definition) is 2. The molecule has 1 aromatic heterocycles. The fourth-order valence-corrected chi connectivity index (χ4v) is 1.67. The fraction of sp³-hybridized carbons (Fsp3) is 0.500. The first-order chi connectivity index (χ1) is 9.07. The molecule has 1 aromatic rings. The second-order valence-electron chi connectivity index (χ2n) is 3.83. The number of pyridine rings is 1. The lowest BCUT2D eigenvalue weighted by Gasteiger charge is -2.07. The minimum Gasteiger partial charge on any atom is -0.382 e. The number of carbonyl (C=O) groups is 1. The molecule has 1 amide bonds. The molecule has 106 valence electrons. The van der Waals surface area contributed by atoms with E-state index in [9.17, 15) is 9.59 Å². The molecule has 0 aliphatic heterocycles. The molecule has 1 heterocycles. The van der Waals surface area contributed by atoms with Gasteiger partial charge in [-0.05, 0) is 22.9 Å². The number of aryl methyl sites for hydroxylation is 1. The quantitative estimate of drug-likeness (QED) is 0.725. The molecule has 0 radical (unpaired) electrons. The Morgan fingerprint density at radius 2 is 2.16 bits per heavy atom. The van der Waals surface area contributed by atoms with E-state index in [0.717, 1.165) is 0 Å². The lowest BCUT2D eigenvalue weighted by molar-refractivity contribution is 0.0692. The largest absolute Gasteiger partial charge is 0.382 e. The number of ether oxygens (including phenoxy) is 2. The molecule has 0 saturated heterocycles. The number of methoxy groups -OCH3 is 1. The van der Waals surface area contributed by atoms with Gasteiger partial charge in [0.2, 0.25) is 5.43 Å². The lowest BCUT2D eigenvalue weighted by atomic mass is 10.2. The SMILES string of the molecule is COCCOCCNC(=O)c1c[nH]c(C)c(Br)c1=O. The Bertz CT molecular complexity index is 487. The summed E-state index contributed by atoms with van der Waals surface area (Å²) in [5.41, 5.74) is 0.438. The van der Waals surface area contributed by atoms with Gasteiger partial charge in [0, 0.05) is 25.5 Å². The van der Waals surface area contributed by atoms with Crippen LogP contribution in [0.25, 0.3) is 0 Å². The maximum absolute atomic E-state index is 11.8. The minimum atomic E-state index is -0.419. The van der Waals surface area contributed by atoms with E-state index in [0.29, 0.717) is 36.5 Å². The molecular formula is C12H17BrN2O4. The van der Waals surface area contributed by atoms with Gasteiger partial charge in [-0.2, -0.15) is 0 Å². The van der Waals surface area contributed by atoms with Gasteiger partial charge in [0.05, 0.1) is 24.3 Å². The molecule has 0 unspecified atom stereocenters. The summed E-state index contributed by atoms with van der Waals surface area (Å²) in [6, 6.07) is 0. The lowest BCUT2D eigenvalue weighted by Crippen LogP contribution is -2.32. The Hall–Kier alpha value is -1.18. The van der Waals surface area contributed by atoms with Gasteiger partial charge in [-0.15, -0.1) is 0 Å². The predicted octanol–water partition coefficient (Wildman–Crippen LogP) is 0.839. The van der Waals surface area contributed by atoms with Crippen molar-refractivity contribution < 1.29 is 14.3 Å². The van der Waals surface area contributed by atoms with Crippen LogP contribution in [-0.4, -0.2) is 44.4 Å². The second kappa shape index (κ2) is 8.08. The summed E-state index contributed by atoms with van der Waals surface area (Å²) in [4.78, 5) is 26.5. The van der Waals surface area contributed by atoms with Crippen LogP contribution in [0.1, 0.15) is 16.1 Å². The van der Waals surface area contributed by atoms with Crippen LogP contribution in [0.5, 0.6) is 0 Å². The second-order valence-corrected chi connectivity index (χ2v) is 4.62. The summed E-state index contributed by atoms with van der Waals surface area (Å²) < 4.78 is 10.4. The Labute approximate surface area is 119 Å². The topological polar surface area (TPSA) is 80.4 Å². The van der Waals surface area contributed by atoms with E-state index in [1.807, 2.05) is 0 Å². The summed E-state index contributed by atoms with van der Waals surface area (Å²) in [5, 5.41) is 2.62. The molecule has 0 atom stereocenters. The Balaban J connectivity index is 2.46. The molecule has 2 N–H and O–H groups in total. The Kier molecular flexibility index (Phi) is 6.75. The molecule has 19 heavy (non-hydrogen) atoms. The van der Waals surface area contributed by atoms with E-state index in [-0.39, 0.29) is 11.0 Å². The smallest absolute Gasteiger partial charge is 0.256 e. The minimum absolute atomic E-state index is 0.0781. The highest BCUT2D eigenvalue weighted by Gasteiger charge is 2.13. The van der Waals surface area contributed by atoms with Crippen molar-refractivity contribution in [3.05, 3.63) is 32.2 Å². The summed E-state index contributed by atoms with van der Waals surface area (Å²) in [6.07, 6.45) is 1.41. The van der Waals surface area contributed by atoms with E-state index in [1.54, 1.807) is 14.0 Å². The fourth-order valence-electron chi connectivity index (χ4n) is 1.34. The standard InChI is InChI=1S/C12H17BrN2O4/c1-8-10(13)11(16)9(7-15-8)12(17)14-3-4-19-6-5-18-2/h7H,3-6H2,1-2H3,(H,14,17)(H,15,16). The Morgan fingerprint density at radius 3 is 2.84 bits per heavy atom. The molecule has 0 bridgehead atoms. The van der Waals surface area contributed by atoms with Gasteiger partial charge in [0.1, 0.15) is 5.56 Å². The molecule has 1 rings (SSSR count). The highest BCUT2D eigenvalue weighted by molar-refractivity contribution is 9.10. The molecular weight excluding hydrogens is 316 g/mol. The maximum Gasteiger partial charge on any atom is 0.256 e. The van der Waals surface area contributed by atoms with E-state index in [1.165, 1.54) is 6.20 Å². The molecule has 0 aliphatic carbocycles. The van der Waals surface area contributed by atoms with E-state index >= 15 is 0 Å². The van der Waals surface area contributed by atoms with E-state index in [2.05, 4.69) is 26.2 Å². The zero-order chi connectivity index (χ0) is 14.3. The number of aromatic amines is 1. The van der Waals surface area contributed by atoms with Crippen molar-refractivity contribution in [2.24, 2.45) is 0 Å². The number of nitrogens with one attached hydrogen (secondary N) is 2. The average molecular weight is 333 g/mol. The number of H-pyrrole nitrogens is 1. The number of rotatable bonds is 7. The third-order valence-corrected chi connectivity index (χ3v) is 3.37. The number of halogens is 1. The van der Waals surface area contributed by atoms with E-state index in [4.69, 9.17) is 9.47 Å². The zero-order valence-electron chi connectivity index (χ0n) is 10.9. The van der Waals surface area contributed by atoms with Crippen molar-refractivity contribution >= 4 is 21.8 Å². The zero-order valence-corrected chi connectivity index (χ0v) is 12.5. The van der Waals surface area contributed by atoms with Crippen LogP contribution < -0.4 is 10.7 Å². The third-order valence-electron chi connectivity index (χ3n) is 2.41. The number of hydrogen-bond acceptors (Lipinski definition) is 4. The van der Waals surface area contributed by atoms with Crippen molar-refractivity contribution in [3.8, 4) is 0 Å². The van der Waals surface area contributed by atoms with Gasteiger partial charge in [0.15, 0.2) is 0 Å². The summed E-state index contributed by atoms with van der Waals surface area (Å²) in [5.74, 6) is -0.419.